The van der Waals surface area contributed by atoms with E-state index >= 15 is 0 Å². The number of carbonyl (C=O) groups excluding carboxylic acids is 1. The lowest BCUT2D eigenvalue weighted by Gasteiger charge is -2.00. The van der Waals surface area contributed by atoms with E-state index in [-0.39, 0.29) is 5.78 Å². The first-order chi connectivity index (χ1) is 13.7. The number of hydrogen-bond donors (Lipinski definition) is 0. The summed E-state index contributed by atoms with van der Waals surface area (Å²) in [5, 5.41) is 6.76. The predicted molar refractivity (Wildman–Crippen MR) is 113 cm³/mol. The van der Waals surface area contributed by atoms with E-state index in [4.69, 9.17) is 9.84 Å². The lowest BCUT2D eigenvalue weighted by Crippen LogP contribution is -1.94. The molecule has 5 heteroatoms. The summed E-state index contributed by atoms with van der Waals surface area (Å²) in [4.78, 5) is 13.6. The van der Waals surface area contributed by atoms with Gasteiger partial charge < -0.3 is 4.74 Å². The van der Waals surface area contributed by atoms with Crippen LogP contribution in [-0.4, -0.2) is 22.7 Å². The number of ketones is 1. The van der Waals surface area contributed by atoms with Gasteiger partial charge in [0.15, 0.2) is 5.78 Å². The van der Waals surface area contributed by atoms with Gasteiger partial charge in [-0.25, -0.2) is 4.68 Å². The van der Waals surface area contributed by atoms with E-state index in [1.165, 1.54) is 0 Å². The Morgan fingerprint density at radius 1 is 1.04 bits per heavy atom. The lowest BCUT2D eigenvalue weighted by molar-refractivity contribution is 0.104. The molecule has 28 heavy (non-hydrogen) atoms. The third-order valence-electron chi connectivity index (χ3n) is 4.31. The van der Waals surface area contributed by atoms with Crippen LogP contribution in [0.2, 0.25) is 0 Å². The molecule has 2 aromatic heterocycles. The number of para-hydroxylation sites is 1. The fourth-order valence-corrected chi connectivity index (χ4v) is 3.58. The van der Waals surface area contributed by atoms with Crippen molar-refractivity contribution in [3.63, 3.8) is 0 Å². The van der Waals surface area contributed by atoms with Gasteiger partial charge in [-0.1, -0.05) is 24.3 Å². The molecule has 0 N–H and O–H groups in total. The van der Waals surface area contributed by atoms with Crippen LogP contribution in [0.5, 0.6) is 5.75 Å². The molecule has 138 valence electrons. The van der Waals surface area contributed by atoms with Crippen molar-refractivity contribution in [1.29, 1.82) is 0 Å². The van der Waals surface area contributed by atoms with Crippen molar-refractivity contribution >= 4 is 23.2 Å². The van der Waals surface area contributed by atoms with E-state index in [0.717, 1.165) is 27.6 Å². The van der Waals surface area contributed by atoms with E-state index in [0.29, 0.717) is 5.56 Å². The third kappa shape index (κ3) is 3.80. The van der Waals surface area contributed by atoms with Crippen LogP contribution in [-0.2, 0) is 0 Å². The molecule has 0 saturated carbocycles. The molecule has 0 atom stereocenters. The monoisotopic (exact) mass is 386 g/mol. The largest absolute Gasteiger partial charge is 0.497 e. The molecule has 0 aliphatic heterocycles. The van der Waals surface area contributed by atoms with Crippen LogP contribution in [0.3, 0.4) is 0 Å². The summed E-state index contributed by atoms with van der Waals surface area (Å²) in [6, 6.07) is 21.1. The Hall–Kier alpha value is -3.44. The highest BCUT2D eigenvalue weighted by Gasteiger charge is 2.12. The molecule has 0 bridgehead atoms. The molecule has 0 saturated heterocycles. The molecular formula is C23H18N2O2S. The second-order valence-corrected chi connectivity index (χ2v) is 7.06. The molecular weight excluding hydrogens is 368 g/mol. The van der Waals surface area contributed by atoms with Crippen molar-refractivity contribution in [3.8, 4) is 22.0 Å². The van der Waals surface area contributed by atoms with Crippen LogP contribution in [0.15, 0.2) is 84.4 Å². The summed E-state index contributed by atoms with van der Waals surface area (Å²) >= 11 is 1.62. The second kappa shape index (κ2) is 8.06. The van der Waals surface area contributed by atoms with E-state index in [2.05, 4.69) is 0 Å². The zero-order chi connectivity index (χ0) is 19.3. The van der Waals surface area contributed by atoms with Crippen LogP contribution in [0.1, 0.15) is 15.9 Å². The number of nitrogens with zero attached hydrogens (tertiary/aromatic N) is 2. The van der Waals surface area contributed by atoms with Gasteiger partial charge in [0.05, 0.1) is 17.7 Å². The van der Waals surface area contributed by atoms with Crippen molar-refractivity contribution < 1.29 is 9.53 Å². The molecule has 0 radical (unpaired) electrons. The van der Waals surface area contributed by atoms with Gasteiger partial charge in [-0.05, 0) is 60.0 Å². The quantitative estimate of drug-likeness (QED) is 0.324. The van der Waals surface area contributed by atoms with Gasteiger partial charge >= 0.3 is 0 Å². The fourth-order valence-electron chi connectivity index (χ4n) is 2.84. The topological polar surface area (TPSA) is 44.1 Å². The predicted octanol–water partition coefficient (Wildman–Crippen LogP) is 5.51. The molecule has 0 spiro atoms. The summed E-state index contributed by atoms with van der Waals surface area (Å²) in [6.07, 6.45) is 5.36. The minimum atomic E-state index is -0.0627. The Balaban J connectivity index is 1.66. The molecule has 0 aliphatic carbocycles. The van der Waals surface area contributed by atoms with Crippen molar-refractivity contribution in [2.45, 2.75) is 0 Å². The highest BCUT2D eigenvalue weighted by Crippen LogP contribution is 2.28. The van der Waals surface area contributed by atoms with E-state index in [1.807, 2.05) is 64.8 Å². The first-order valence-electron chi connectivity index (χ1n) is 8.80. The Labute approximate surface area is 167 Å². The second-order valence-electron chi connectivity index (χ2n) is 6.12. The van der Waals surface area contributed by atoms with Gasteiger partial charge in [0.2, 0.25) is 0 Å². The zero-order valence-corrected chi connectivity index (χ0v) is 16.1. The van der Waals surface area contributed by atoms with Crippen LogP contribution in [0.4, 0.5) is 0 Å². The Morgan fingerprint density at radius 3 is 2.50 bits per heavy atom. The Kier molecular flexibility index (Phi) is 5.17. The number of carbonyl (C=O) groups is 1. The van der Waals surface area contributed by atoms with E-state index < -0.39 is 0 Å². The summed E-state index contributed by atoms with van der Waals surface area (Å²) in [6.45, 7) is 0. The molecule has 0 amide bonds. The standard InChI is InChI=1S/C23H18N2O2S/c1-27-20-12-9-17(10-13-20)21(26)14-11-18-16-25(19-6-3-2-4-7-19)24-23(18)22-8-5-15-28-22/h2-16H,1H3/b14-11-. The van der Waals surface area contributed by atoms with Crippen molar-refractivity contribution in [2.24, 2.45) is 0 Å². The van der Waals surface area contributed by atoms with Crippen molar-refractivity contribution in [3.05, 3.63) is 95.5 Å². The number of ether oxygens (including phenoxy) is 1. The van der Waals surface area contributed by atoms with Crippen LogP contribution < -0.4 is 4.74 Å². The average Bonchev–Trinajstić information content (AvgIpc) is 3.42. The Morgan fingerprint density at radius 2 is 1.82 bits per heavy atom. The maximum atomic E-state index is 12.5. The van der Waals surface area contributed by atoms with Crippen LogP contribution in [0.25, 0.3) is 22.3 Å². The SMILES string of the molecule is COc1ccc(C(=O)/C=C\c2cn(-c3ccccc3)nc2-c2cccs2)cc1. The molecule has 2 aromatic carbocycles. The zero-order valence-electron chi connectivity index (χ0n) is 15.3. The number of hydrogen-bond acceptors (Lipinski definition) is 4. The molecule has 0 unspecified atom stereocenters. The van der Waals surface area contributed by atoms with Crippen LogP contribution in [0, 0.1) is 0 Å². The maximum absolute atomic E-state index is 12.5. The summed E-state index contributed by atoms with van der Waals surface area (Å²) < 4.78 is 6.98. The smallest absolute Gasteiger partial charge is 0.185 e. The van der Waals surface area contributed by atoms with Gasteiger partial charge in [-0.3, -0.25) is 4.79 Å². The van der Waals surface area contributed by atoms with Gasteiger partial charge in [0, 0.05) is 17.3 Å². The summed E-state index contributed by atoms with van der Waals surface area (Å²) in [7, 11) is 1.60. The molecule has 0 fully saturated rings. The number of thiophene rings is 1. The van der Waals surface area contributed by atoms with Gasteiger partial charge in [-0.15, -0.1) is 11.3 Å². The molecule has 4 aromatic rings. The van der Waals surface area contributed by atoms with Crippen molar-refractivity contribution in [2.75, 3.05) is 7.11 Å². The maximum Gasteiger partial charge on any atom is 0.185 e. The minimum Gasteiger partial charge on any atom is -0.497 e. The van der Waals surface area contributed by atoms with Gasteiger partial charge in [-0.2, -0.15) is 5.10 Å². The normalized spacial score (nSPS) is 11.0. The summed E-state index contributed by atoms with van der Waals surface area (Å²) in [5.41, 5.74) is 3.34. The van der Waals surface area contributed by atoms with Crippen molar-refractivity contribution in [1.82, 2.24) is 9.78 Å². The highest BCUT2D eigenvalue weighted by molar-refractivity contribution is 7.13. The van der Waals surface area contributed by atoms with E-state index in [9.17, 15) is 4.79 Å². The van der Waals surface area contributed by atoms with E-state index in [1.54, 1.807) is 48.8 Å². The Bertz CT molecular complexity index is 1100. The average molecular weight is 386 g/mol. The van der Waals surface area contributed by atoms with Gasteiger partial charge in [0.25, 0.3) is 0 Å². The molecule has 0 aliphatic rings. The number of methoxy groups -OCH3 is 1. The molecule has 4 rings (SSSR count). The lowest BCUT2D eigenvalue weighted by atomic mass is 10.1. The first-order valence-corrected chi connectivity index (χ1v) is 9.68. The molecule has 2 heterocycles. The third-order valence-corrected chi connectivity index (χ3v) is 5.18. The highest BCUT2D eigenvalue weighted by atomic mass is 32.1. The number of rotatable bonds is 6. The van der Waals surface area contributed by atoms with Gasteiger partial charge in [0.1, 0.15) is 11.4 Å². The molecule has 4 nitrogen and oxygen atoms in total. The number of aromatic nitrogens is 2. The minimum absolute atomic E-state index is 0.0627. The van der Waals surface area contributed by atoms with Crippen LogP contribution >= 0.6 is 11.3 Å². The number of benzene rings is 2. The fraction of sp³-hybridized carbons (Fsp3) is 0.0435. The number of allylic oxidation sites excluding steroid dienone is 1. The first kappa shape index (κ1) is 17.9. The summed E-state index contributed by atoms with van der Waals surface area (Å²) in [5.74, 6) is 0.664.